The predicted octanol–water partition coefficient (Wildman–Crippen LogP) is 3.50. The van der Waals surface area contributed by atoms with Crippen LogP contribution in [0.4, 0.5) is 5.00 Å². The van der Waals surface area contributed by atoms with Gasteiger partial charge in [-0.05, 0) is 23.6 Å². The second-order valence-corrected chi connectivity index (χ2v) is 8.08. The zero-order chi connectivity index (χ0) is 20.4. The van der Waals surface area contributed by atoms with Gasteiger partial charge in [0.05, 0.1) is 12.7 Å². The summed E-state index contributed by atoms with van der Waals surface area (Å²) in [6.45, 7) is 2.43. The zero-order valence-electron chi connectivity index (χ0n) is 16.8. The molecule has 1 N–H and O–H groups in total. The summed E-state index contributed by atoms with van der Waals surface area (Å²) in [6.07, 6.45) is 2.44. The molecular formula is C21H23ClN4O3S. The van der Waals surface area contributed by atoms with Crippen molar-refractivity contribution in [1.29, 1.82) is 0 Å². The van der Waals surface area contributed by atoms with E-state index in [0.717, 1.165) is 36.5 Å². The van der Waals surface area contributed by atoms with E-state index in [1.807, 2.05) is 18.2 Å². The molecule has 2 aromatic heterocycles. The molecule has 1 aliphatic rings. The van der Waals surface area contributed by atoms with E-state index >= 15 is 0 Å². The number of esters is 1. The number of anilines is 1. The fourth-order valence-corrected chi connectivity index (χ4v) is 4.82. The number of carbonyl (C=O) groups is 2. The lowest BCUT2D eigenvalue weighted by Gasteiger charge is -2.27. The first-order valence-corrected chi connectivity index (χ1v) is 10.2. The molecule has 0 saturated heterocycles. The number of methoxy groups -OCH3 is 1. The fraction of sp³-hybridized carbons (Fsp3) is 0.286. The molecule has 0 unspecified atom stereocenters. The van der Waals surface area contributed by atoms with Crippen LogP contribution in [-0.2, 0) is 31.3 Å². The van der Waals surface area contributed by atoms with Gasteiger partial charge < -0.3 is 10.1 Å². The van der Waals surface area contributed by atoms with Gasteiger partial charge in [-0.3, -0.25) is 14.4 Å². The molecule has 1 amide bonds. The van der Waals surface area contributed by atoms with Crippen LogP contribution in [0.5, 0.6) is 0 Å². The molecule has 0 fully saturated rings. The lowest BCUT2D eigenvalue weighted by molar-refractivity contribution is 0.0600. The number of aryl methyl sites for hydroxylation is 1. The van der Waals surface area contributed by atoms with E-state index in [1.54, 1.807) is 24.0 Å². The molecule has 30 heavy (non-hydrogen) atoms. The summed E-state index contributed by atoms with van der Waals surface area (Å²) in [4.78, 5) is 28.5. The number of fused-ring (bicyclic) bond motifs is 1. The normalized spacial score (nSPS) is 13.3. The Bertz CT molecular complexity index is 1050. The van der Waals surface area contributed by atoms with Crippen LogP contribution in [0.25, 0.3) is 0 Å². The standard InChI is InChI=1S/C21H22N4O3S.ClH/c1-24-10-9-16(23-24)19(26)22-20-18(21(27)28-2)15-8-11-25(13-17(15)29-20)12-14-6-4-3-5-7-14;/h3-7,9-10H,8,11-13H2,1-2H3,(H,22,26);1H. The van der Waals surface area contributed by atoms with Gasteiger partial charge >= 0.3 is 5.97 Å². The predicted molar refractivity (Wildman–Crippen MR) is 118 cm³/mol. The maximum Gasteiger partial charge on any atom is 0.341 e. The van der Waals surface area contributed by atoms with Gasteiger partial charge in [-0.25, -0.2) is 4.79 Å². The maximum absolute atomic E-state index is 12.6. The molecule has 9 heteroatoms. The Morgan fingerprint density at radius 3 is 2.67 bits per heavy atom. The summed E-state index contributed by atoms with van der Waals surface area (Å²) in [5.74, 6) is -0.758. The lowest BCUT2D eigenvalue weighted by atomic mass is 10.0. The summed E-state index contributed by atoms with van der Waals surface area (Å²) >= 11 is 1.44. The zero-order valence-corrected chi connectivity index (χ0v) is 18.4. The molecule has 3 aromatic rings. The fourth-order valence-electron chi connectivity index (χ4n) is 3.54. The Morgan fingerprint density at radius 1 is 1.23 bits per heavy atom. The van der Waals surface area contributed by atoms with Gasteiger partial charge in [-0.1, -0.05) is 30.3 Å². The molecular weight excluding hydrogens is 424 g/mol. The molecule has 3 heterocycles. The van der Waals surface area contributed by atoms with Crippen molar-refractivity contribution in [3.05, 3.63) is 69.9 Å². The van der Waals surface area contributed by atoms with E-state index in [1.165, 1.54) is 24.0 Å². The number of thiophene rings is 1. The Labute approximate surface area is 185 Å². The van der Waals surface area contributed by atoms with Gasteiger partial charge in [0, 0.05) is 37.8 Å². The van der Waals surface area contributed by atoms with Gasteiger partial charge in [0.25, 0.3) is 5.91 Å². The van der Waals surface area contributed by atoms with Gasteiger partial charge in [0.2, 0.25) is 0 Å². The third-order valence-corrected chi connectivity index (χ3v) is 6.08. The van der Waals surface area contributed by atoms with E-state index in [4.69, 9.17) is 4.74 Å². The van der Waals surface area contributed by atoms with E-state index < -0.39 is 5.97 Å². The molecule has 0 aliphatic carbocycles. The van der Waals surface area contributed by atoms with Gasteiger partial charge in [-0.15, -0.1) is 23.7 Å². The highest BCUT2D eigenvalue weighted by molar-refractivity contribution is 7.17. The number of hydrogen-bond donors (Lipinski definition) is 1. The Morgan fingerprint density at radius 2 is 2.00 bits per heavy atom. The van der Waals surface area contributed by atoms with Gasteiger partial charge in [0.15, 0.2) is 5.69 Å². The first kappa shape index (κ1) is 22.0. The van der Waals surface area contributed by atoms with Crippen molar-refractivity contribution in [1.82, 2.24) is 14.7 Å². The van der Waals surface area contributed by atoms with Crippen molar-refractivity contribution >= 4 is 40.6 Å². The number of halogens is 1. The number of amides is 1. The monoisotopic (exact) mass is 446 g/mol. The SMILES string of the molecule is COC(=O)c1c(NC(=O)c2ccn(C)n2)sc2c1CCN(Cc1ccccc1)C2.Cl. The number of aromatic nitrogens is 2. The van der Waals surface area contributed by atoms with Crippen molar-refractivity contribution < 1.29 is 14.3 Å². The van der Waals surface area contributed by atoms with Crippen molar-refractivity contribution in [2.75, 3.05) is 19.0 Å². The minimum absolute atomic E-state index is 0. The summed E-state index contributed by atoms with van der Waals surface area (Å²) < 4.78 is 6.56. The minimum atomic E-state index is -0.421. The Kier molecular flexibility index (Phi) is 6.91. The van der Waals surface area contributed by atoms with Crippen molar-refractivity contribution in [3.63, 3.8) is 0 Å². The molecule has 7 nitrogen and oxygen atoms in total. The summed E-state index contributed by atoms with van der Waals surface area (Å²) in [6, 6.07) is 12.0. The molecule has 0 radical (unpaired) electrons. The minimum Gasteiger partial charge on any atom is -0.465 e. The van der Waals surface area contributed by atoms with Crippen LogP contribution < -0.4 is 5.32 Å². The van der Waals surface area contributed by atoms with Crippen LogP contribution in [0.3, 0.4) is 0 Å². The maximum atomic E-state index is 12.6. The Balaban J connectivity index is 0.00000256. The largest absolute Gasteiger partial charge is 0.465 e. The van der Waals surface area contributed by atoms with Crippen LogP contribution in [0.2, 0.25) is 0 Å². The number of rotatable bonds is 5. The highest BCUT2D eigenvalue weighted by atomic mass is 35.5. The number of ether oxygens (including phenoxy) is 1. The highest BCUT2D eigenvalue weighted by Gasteiger charge is 2.29. The smallest absolute Gasteiger partial charge is 0.341 e. The first-order chi connectivity index (χ1) is 14.0. The number of hydrogen-bond acceptors (Lipinski definition) is 6. The third kappa shape index (κ3) is 4.56. The van der Waals surface area contributed by atoms with Crippen LogP contribution in [0.1, 0.15) is 36.9 Å². The summed E-state index contributed by atoms with van der Waals surface area (Å²) in [7, 11) is 3.11. The Hall–Kier alpha value is -2.68. The average Bonchev–Trinajstić information content (AvgIpc) is 3.31. The first-order valence-electron chi connectivity index (χ1n) is 9.35. The topological polar surface area (TPSA) is 76.5 Å². The van der Waals surface area contributed by atoms with E-state index in [-0.39, 0.29) is 18.3 Å². The second-order valence-electron chi connectivity index (χ2n) is 6.97. The second kappa shape index (κ2) is 9.42. The number of nitrogens with zero attached hydrogens (tertiary/aromatic N) is 3. The molecule has 4 rings (SSSR count). The van der Waals surface area contributed by atoms with Gasteiger partial charge in [-0.2, -0.15) is 5.10 Å². The van der Waals surface area contributed by atoms with Crippen LogP contribution in [0.15, 0.2) is 42.6 Å². The van der Waals surface area contributed by atoms with Gasteiger partial charge in [0.1, 0.15) is 5.00 Å². The average molecular weight is 447 g/mol. The summed E-state index contributed by atoms with van der Waals surface area (Å²) in [5, 5.41) is 7.52. The van der Waals surface area contributed by atoms with E-state index in [0.29, 0.717) is 16.3 Å². The highest BCUT2D eigenvalue weighted by Crippen LogP contribution is 2.38. The van der Waals surface area contributed by atoms with E-state index in [9.17, 15) is 9.59 Å². The molecule has 158 valence electrons. The van der Waals surface area contributed by atoms with Crippen molar-refractivity contribution in [2.24, 2.45) is 7.05 Å². The van der Waals surface area contributed by atoms with Crippen LogP contribution in [-0.4, -0.2) is 40.2 Å². The van der Waals surface area contributed by atoms with Crippen LogP contribution >= 0.6 is 23.7 Å². The van der Waals surface area contributed by atoms with Crippen molar-refractivity contribution in [2.45, 2.75) is 19.5 Å². The number of carbonyl (C=O) groups excluding carboxylic acids is 2. The molecule has 0 atom stereocenters. The molecule has 0 saturated carbocycles. The van der Waals surface area contributed by atoms with Crippen molar-refractivity contribution in [3.8, 4) is 0 Å². The molecule has 1 aromatic carbocycles. The van der Waals surface area contributed by atoms with E-state index in [2.05, 4.69) is 27.4 Å². The summed E-state index contributed by atoms with van der Waals surface area (Å²) in [5.41, 5.74) is 3.00. The molecule has 0 spiro atoms. The number of nitrogens with one attached hydrogen (secondary N) is 1. The lowest BCUT2D eigenvalue weighted by Crippen LogP contribution is -2.29. The molecule has 0 bridgehead atoms. The molecule has 1 aliphatic heterocycles. The number of benzene rings is 1. The third-order valence-electron chi connectivity index (χ3n) is 4.95. The quantitative estimate of drug-likeness (QED) is 0.607. The van der Waals surface area contributed by atoms with Crippen LogP contribution in [0, 0.1) is 0 Å².